The van der Waals surface area contributed by atoms with Crippen molar-refractivity contribution in [3.63, 3.8) is 0 Å². The maximum atomic E-state index is 13.4. The van der Waals surface area contributed by atoms with Crippen molar-refractivity contribution in [3.8, 4) is 0 Å². The predicted octanol–water partition coefficient (Wildman–Crippen LogP) is 2.97. The van der Waals surface area contributed by atoms with Crippen LogP contribution < -0.4 is 0 Å². The van der Waals surface area contributed by atoms with E-state index in [9.17, 15) is 9.50 Å². The Balaban J connectivity index is 1.67. The van der Waals surface area contributed by atoms with Gasteiger partial charge in [0.2, 0.25) is 0 Å². The third kappa shape index (κ3) is 5.38. The van der Waals surface area contributed by atoms with Gasteiger partial charge in [0.15, 0.2) is 0 Å². The molecule has 118 valence electrons. The molecule has 1 saturated carbocycles. The van der Waals surface area contributed by atoms with Crippen molar-refractivity contribution in [2.45, 2.75) is 50.9 Å². The molecular formula is C17H26FNO2. The lowest BCUT2D eigenvalue weighted by molar-refractivity contribution is 0.00419. The Morgan fingerprint density at radius 1 is 1.29 bits per heavy atom. The zero-order chi connectivity index (χ0) is 15.1. The SMILES string of the molecule is CN(C[C@@H](O)COCc1ccccc1F)C1CCCCC1. The van der Waals surface area contributed by atoms with E-state index in [1.165, 1.54) is 38.2 Å². The van der Waals surface area contributed by atoms with Crippen LogP contribution in [0.2, 0.25) is 0 Å². The highest BCUT2D eigenvalue weighted by molar-refractivity contribution is 5.16. The van der Waals surface area contributed by atoms with Crippen LogP contribution in [-0.2, 0) is 11.3 Å². The molecule has 0 heterocycles. The van der Waals surface area contributed by atoms with Gasteiger partial charge in [0.05, 0.1) is 19.3 Å². The van der Waals surface area contributed by atoms with Crippen molar-refractivity contribution < 1.29 is 14.2 Å². The van der Waals surface area contributed by atoms with E-state index in [2.05, 4.69) is 11.9 Å². The van der Waals surface area contributed by atoms with Crippen LogP contribution in [0.15, 0.2) is 24.3 Å². The van der Waals surface area contributed by atoms with E-state index < -0.39 is 6.10 Å². The second-order valence-electron chi connectivity index (χ2n) is 5.99. The predicted molar refractivity (Wildman–Crippen MR) is 81.6 cm³/mol. The Labute approximate surface area is 126 Å². The first-order chi connectivity index (χ1) is 10.2. The van der Waals surface area contributed by atoms with Gasteiger partial charge in [0, 0.05) is 18.2 Å². The Kier molecular flexibility index (Phi) is 6.61. The van der Waals surface area contributed by atoms with Crippen molar-refractivity contribution in [1.29, 1.82) is 0 Å². The monoisotopic (exact) mass is 295 g/mol. The number of hydrogen-bond donors (Lipinski definition) is 1. The molecule has 1 aromatic carbocycles. The Morgan fingerprint density at radius 3 is 2.71 bits per heavy atom. The first-order valence-corrected chi connectivity index (χ1v) is 7.86. The molecule has 21 heavy (non-hydrogen) atoms. The summed E-state index contributed by atoms with van der Waals surface area (Å²) in [6.07, 6.45) is 5.82. The first kappa shape index (κ1) is 16.4. The molecule has 1 aliphatic rings. The third-order valence-corrected chi connectivity index (χ3v) is 4.22. The smallest absolute Gasteiger partial charge is 0.128 e. The summed E-state index contributed by atoms with van der Waals surface area (Å²) in [5, 5.41) is 10.0. The standard InChI is InChI=1S/C17H26FNO2/c1-19(15-8-3-2-4-9-15)11-16(20)13-21-12-14-7-5-6-10-17(14)18/h5-7,10,15-16,20H,2-4,8-9,11-13H2,1H3/t16-/m1/s1. The number of halogens is 1. The molecule has 0 spiro atoms. The van der Waals surface area contributed by atoms with Gasteiger partial charge in [-0.1, -0.05) is 37.5 Å². The van der Waals surface area contributed by atoms with E-state index >= 15 is 0 Å². The van der Waals surface area contributed by atoms with Crippen LogP contribution in [0.5, 0.6) is 0 Å². The van der Waals surface area contributed by atoms with Crippen molar-refractivity contribution in [3.05, 3.63) is 35.6 Å². The highest BCUT2D eigenvalue weighted by Crippen LogP contribution is 2.21. The Bertz CT molecular complexity index is 421. The van der Waals surface area contributed by atoms with Crippen molar-refractivity contribution in [2.75, 3.05) is 20.2 Å². The molecule has 1 aromatic rings. The second-order valence-corrected chi connectivity index (χ2v) is 5.99. The molecule has 4 heteroatoms. The van der Waals surface area contributed by atoms with Gasteiger partial charge in [0.25, 0.3) is 0 Å². The number of likely N-dealkylation sites (N-methyl/N-ethyl adjacent to an activating group) is 1. The normalized spacial score (nSPS) is 18.1. The Morgan fingerprint density at radius 2 is 2.00 bits per heavy atom. The van der Waals surface area contributed by atoms with Gasteiger partial charge in [-0.15, -0.1) is 0 Å². The van der Waals surface area contributed by atoms with Gasteiger partial charge in [-0.25, -0.2) is 4.39 Å². The molecule has 1 aliphatic carbocycles. The lowest BCUT2D eigenvalue weighted by Gasteiger charge is -2.32. The number of aliphatic hydroxyl groups excluding tert-OH is 1. The fourth-order valence-corrected chi connectivity index (χ4v) is 2.98. The lowest BCUT2D eigenvalue weighted by atomic mass is 9.94. The average Bonchev–Trinajstić information content (AvgIpc) is 2.50. The summed E-state index contributed by atoms with van der Waals surface area (Å²) >= 11 is 0. The summed E-state index contributed by atoms with van der Waals surface area (Å²) in [7, 11) is 2.07. The largest absolute Gasteiger partial charge is 0.389 e. The van der Waals surface area contributed by atoms with Gasteiger partial charge in [-0.3, -0.25) is 0 Å². The molecule has 0 saturated heterocycles. The minimum atomic E-state index is -0.524. The zero-order valence-electron chi connectivity index (χ0n) is 12.8. The highest BCUT2D eigenvalue weighted by Gasteiger charge is 2.20. The number of aliphatic hydroxyl groups is 1. The molecular weight excluding hydrogens is 269 g/mol. The number of benzene rings is 1. The summed E-state index contributed by atoms with van der Waals surface area (Å²) in [5.74, 6) is -0.258. The molecule has 2 rings (SSSR count). The zero-order valence-corrected chi connectivity index (χ0v) is 12.8. The summed E-state index contributed by atoms with van der Waals surface area (Å²) in [4.78, 5) is 2.23. The second kappa shape index (κ2) is 8.47. The summed E-state index contributed by atoms with van der Waals surface area (Å²) in [5.41, 5.74) is 0.533. The molecule has 0 bridgehead atoms. The maximum absolute atomic E-state index is 13.4. The van der Waals surface area contributed by atoms with Gasteiger partial charge < -0.3 is 14.7 Å². The Hall–Kier alpha value is -0.970. The van der Waals surface area contributed by atoms with Crippen LogP contribution in [0.25, 0.3) is 0 Å². The van der Waals surface area contributed by atoms with E-state index in [-0.39, 0.29) is 19.0 Å². The van der Waals surface area contributed by atoms with Crippen LogP contribution >= 0.6 is 0 Å². The number of ether oxygens (including phenoxy) is 1. The summed E-state index contributed by atoms with van der Waals surface area (Å²) in [6, 6.07) is 7.16. The first-order valence-electron chi connectivity index (χ1n) is 7.86. The molecule has 3 nitrogen and oxygen atoms in total. The molecule has 0 unspecified atom stereocenters. The van der Waals surface area contributed by atoms with Crippen LogP contribution in [0, 0.1) is 5.82 Å². The van der Waals surface area contributed by atoms with Crippen molar-refractivity contribution in [2.24, 2.45) is 0 Å². The molecule has 0 aliphatic heterocycles. The molecule has 0 aromatic heterocycles. The topological polar surface area (TPSA) is 32.7 Å². The van der Waals surface area contributed by atoms with Gasteiger partial charge in [-0.2, -0.15) is 0 Å². The van der Waals surface area contributed by atoms with E-state index in [4.69, 9.17) is 4.74 Å². The van der Waals surface area contributed by atoms with Gasteiger partial charge in [0.1, 0.15) is 5.82 Å². The molecule has 0 radical (unpaired) electrons. The molecule has 0 amide bonds. The van der Waals surface area contributed by atoms with Crippen LogP contribution in [0.3, 0.4) is 0 Å². The number of rotatable bonds is 7. The fourth-order valence-electron chi connectivity index (χ4n) is 2.98. The van der Waals surface area contributed by atoms with Crippen LogP contribution in [0.4, 0.5) is 4.39 Å². The van der Waals surface area contributed by atoms with E-state index in [1.807, 2.05) is 0 Å². The van der Waals surface area contributed by atoms with Crippen molar-refractivity contribution >= 4 is 0 Å². The third-order valence-electron chi connectivity index (χ3n) is 4.22. The van der Waals surface area contributed by atoms with Crippen molar-refractivity contribution in [1.82, 2.24) is 4.90 Å². The van der Waals surface area contributed by atoms with E-state index in [1.54, 1.807) is 18.2 Å². The minimum Gasteiger partial charge on any atom is -0.389 e. The quantitative estimate of drug-likeness (QED) is 0.839. The van der Waals surface area contributed by atoms with E-state index in [0.29, 0.717) is 18.2 Å². The lowest BCUT2D eigenvalue weighted by Crippen LogP contribution is -2.40. The van der Waals surface area contributed by atoms with Gasteiger partial charge >= 0.3 is 0 Å². The molecule has 1 atom stereocenters. The van der Waals surface area contributed by atoms with Crippen LogP contribution in [0.1, 0.15) is 37.7 Å². The van der Waals surface area contributed by atoms with E-state index in [0.717, 1.165) is 0 Å². The number of nitrogens with zero attached hydrogens (tertiary/aromatic N) is 1. The molecule has 1 fully saturated rings. The highest BCUT2D eigenvalue weighted by atomic mass is 19.1. The summed E-state index contributed by atoms with van der Waals surface area (Å²) < 4.78 is 18.9. The fraction of sp³-hybridized carbons (Fsp3) is 0.647. The maximum Gasteiger partial charge on any atom is 0.128 e. The minimum absolute atomic E-state index is 0.205. The molecule has 1 N–H and O–H groups in total. The number of hydrogen-bond acceptors (Lipinski definition) is 3. The average molecular weight is 295 g/mol. The van der Waals surface area contributed by atoms with Gasteiger partial charge in [-0.05, 0) is 26.0 Å². The van der Waals surface area contributed by atoms with Crippen LogP contribution in [-0.4, -0.2) is 42.4 Å². The summed E-state index contributed by atoms with van der Waals surface area (Å²) in [6.45, 7) is 1.06.